The van der Waals surface area contributed by atoms with Crippen LogP contribution >= 0.6 is 0 Å². The van der Waals surface area contributed by atoms with Gasteiger partial charge in [0.05, 0.1) is 17.0 Å². The summed E-state index contributed by atoms with van der Waals surface area (Å²) in [4.78, 5) is 36.8. The van der Waals surface area contributed by atoms with Crippen LogP contribution in [0.2, 0.25) is 0 Å². The van der Waals surface area contributed by atoms with Gasteiger partial charge in [0, 0.05) is 28.9 Å². The first-order chi connectivity index (χ1) is 13.9. The van der Waals surface area contributed by atoms with Gasteiger partial charge < -0.3 is 10.3 Å². The number of aryl methyl sites for hydroxylation is 1. The number of carbonyl (C=O) groups is 1. The van der Waals surface area contributed by atoms with Gasteiger partial charge >= 0.3 is 0 Å². The van der Waals surface area contributed by atoms with Crippen LogP contribution < -0.4 is 10.9 Å². The van der Waals surface area contributed by atoms with Crippen molar-refractivity contribution in [2.75, 3.05) is 0 Å². The minimum Gasteiger partial charge on any atom is -0.346 e. The quantitative estimate of drug-likeness (QED) is 0.710. The van der Waals surface area contributed by atoms with Crippen molar-refractivity contribution >= 4 is 16.8 Å². The van der Waals surface area contributed by atoms with Crippen molar-refractivity contribution in [1.82, 2.24) is 20.3 Å². The molecule has 0 radical (unpaired) electrons. The monoisotopic (exact) mass is 391 g/mol. The van der Waals surface area contributed by atoms with E-state index in [0.29, 0.717) is 46.3 Å². The Bertz CT molecular complexity index is 1220. The first-order valence-electron chi connectivity index (χ1n) is 9.21. The molecule has 1 saturated carbocycles. The van der Waals surface area contributed by atoms with Gasteiger partial charge in [0.2, 0.25) is 5.91 Å². The van der Waals surface area contributed by atoms with Gasteiger partial charge in [0.1, 0.15) is 17.7 Å². The Labute approximate surface area is 165 Å². The largest absolute Gasteiger partial charge is 0.346 e. The average Bonchev–Trinajstić information content (AvgIpc) is 3.50. The summed E-state index contributed by atoms with van der Waals surface area (Å²) in [6.45, 7) is 3.48. The van der Waals surface area contributed by atoms with Crippen LogP contribution in [0.1, 0.15) is 48.3 Å². The second kappa shape index (κ2) is 6.78. The Kier molecular flexibility index (Phi) is 4.38. The number of benzene rings is 1. The third-order valence-corrected chi connectivity index (χ3v) is 5.43. The van der Waals surface area contributed by atoms with Gasteiger partial charge in [-0.05, 0) is 50.5 Å². The lowest BCUT2D eigenvalue weighted by atomic mass is 9.90. The average molecular weight is 391 g/mol. The van der Waals surface area contributed by atoms with Gasteiger partial charge in [-0.2, -0.15) is 5.26 Å². The summed E-state index contributed by atoms with van der Waals surface area (Å²) in [6.07, 6.45) is 3.85. The van der Waals surface area contributed by atoms with Crippen molar-refractivity contribution in [2.24, 2.45) is 0 Å². The number of nitriles is 1. The number of aromatic nitrogens is 3. The Balaban J connectivity index is 1.67. The molecule has 2 aromatic heterocycles. The van der Waals surface area contributed by atoms with E-state index in [0.717, 1.165) is 0 Å². The molecule has 1 atom stereocenters. The topological polar surface area (TPSA) is 112 Å². The maximum absolute atomic E-state index is 13.7. The first-order valence-corrected chi connectivity index (χ1v) is 9.21. The molecule has 0 bridgehead atoms. The summed E-state index contributed by atoms with van der Waals surface area (Å²) < 4.78 is 13.7. The molecule has 0 aliphatic heterocycles. The fraction of sp³-hybridized carbons (Fsp3) is 0.286. The van der Waals surface area contributed by atoms with E-state index in [1.165, 1.54) is 30.6 Å². The number of nitrogens with one attached hydrogen (secondary N) is 2. The van der Waals surface area contributed by atoms with Crippen LogP contribution in [0, 0.1) is 24.1 Å². The van der Waals surface area contributed by atoms with Crippen molar-refractivity contribution in [3.63, 3.8) is 0 Å². The van der Waals surface area contributed by atoms with Crippen molar-refractivity contribution < 1.29 is 9.18 Å². The summed E-state index contributed by atoms with van der Waals surface area (Å²) in [6, 6.07) is 5.62. The Hall–Kier alpha value is -3.60. The number of rotatable bonds is 4. The normalized spacial score (nSPS) is 15.5. The molecule has 4 rings (SSSR count). The fourth-order valence-electron chi connectivity index (χ4n) is 3.74. The van der Waals surface area contributed by atoms with Crippen molar-refractivity contribution in [1.29, 1.82) is 5.26 Å². The molecule has 1 aliphatic carbocycles. The van der Waals surface area contributed by atoms with Crippen LogP contribution in [0.5, 0.6) is 0 Å². The Morgan fingerprint density at radius 2 is 2.03 bits per heavy atom. The van der Waals surface area contributed by atoms with Crippen molar-refractivity contribution in [2.45, 2.75) is 38.1 Å². The Morgan fingerprint density at radius 1 is 1.34 bits per heavy atom. The first kappa shape index (κ1) is 18.7. The fourth-order valence-corrected chi connectivity index (χ4v) is 3.74. The zero-order valence-corrected chi connectivity index (χ0v) is 15.9. The third-order valence-electron chi connectivity index (χ3n) is 5.43. The molecule has 8 heteroatoms. The summed E-state index contributed by atoms with van der Waals surface area (Å²) in [5.74, 6) is -0.318. The van der Waals surface area contributed by atoms with Gasteiger partial charge in [0.15, 0.2) is 0 Å². The van der Waals surface area contributed by atoms with Crippen LogP contribution in [0.15, 0.2) is 35.4 Å². The molecule has 146 valence electrons. The van der Waals surface area contributed by atoms with E-state index in [1.807, 2.05) is 6.07 Å². The molecule has 1 aromatic carbocycles. The molecule has 2 heterocycles. The molecule has 0 spiro atoms. The summed E-state index contributed by atoms with van der Waals surface area (Å²) in [5.41, 5.74) is 0.569. The number of carbonyl (C=O) groups excluding carboxylic acids is 1. The van der Waals surface area contributed by atoms with Crippen LogP contribution in [0.3, 0.4) is 0 Å². The highest BCUT2D eigenvalue weighted by Gasteiger charge is 2.54. The van der Waals surface area contributed by atoms with E-state index in [2.05, 4.69) is 20.3 Å². The highest BCUT2D eigenvalue weighted by Crippen LogP contribution is 2.49. The van der Waals surface area contributed by atoms with Crippen LogP contribution in [-0.4, -0.2) is 20.9 Å². The zero-order valence-electron chi connectivity index (χ0n) is 15.9. The lowest BCUT2D eigenvalue weighted by Crippen LogP contribution is -2.40. The molecule has 3 aromatic rings. The number of hydrogen-bond acceptors (Lipinski definition) is 5. The zero-order chi connectivity index (χ0) is 20.8. The number of amides is 1. The lowest BCUT2D eigenvalue weighted by molar-refractivity contribution is -0.124. The second-order valence-electron chi connectivity index (χ2n) is 7.36. The van der Waals surface area contributed by atoms with E-state index >= 15 is 0 Å². The molecule has 7 nitrogen and oxygen atoms in total. The predicted octanol–water partition coefficient (Wildman–Crippen LogP) is 2.55. The van der Waals surface area contributed by atoms with Crippen LogP contribution in [0.4, 0.5) is 4.39 Å². The highest BCUT2D eigenvalue weighted by molar-refractivity contribution is 5.94. The van der Waals surface area contributed by atoms with E-state index in [-0.39, 0.29) is 11.5 Å². The SMILES string of the molecule is Cc1c(C2(C(=O)N[C@H](C)c3ncc(C#N)cn3)CC2)c(=O)[nH]c2ccc(F)cc12. The standard InChI is InChI=1S/C21H18FN5O2/c1-11-15-7-14(22)3-4-16(15)27-19(28)17(11)21(5-6-21)20(29)26-12(2)18-24-9-13(8-23)10-25-18/h3-4,7,9-10,12H,5-6H2,1-2H3,(H,26,29)(H,27,28)/t12-/m1/s1. The maximum atomic E-state index is 13.7. The summed E-state index contributed by atoms with van der Waals surface area (Å²) >= 11 is 0. The number of aromatic amines is 1. The van der Waals surface area contributed by atoms with Crippen molar-refractivity contribution in [3.8, 4) is 6.07 Å². The van der Waals surface area contributed by atoms with E-state index in [4.69, 9.17) is 5.26 Å². The predicted molar refractivity (Wildman–Crippen MR) is 103 cm³/mol. The number of hydrogen-bond donors (Lipinski definition) is 2. The van der Waals surface area contributed by atoms with Crippen LogP contribution in [0.25, 0.3) is 10.9 Å². The van der Waals surface area contributed by atoms with Gasteiger partial charge in [-0.1, -0.05) is 0 Å². The van der Waals surface area contributed by atoms with Gasteiger partial charge in [-0.3, -0.25) is 9.59 Å². The van der Waals surface area contributed by atoms with E-state index in [1.54, 1.807) is 13.8 Å². The molecule has 2 N–H and O–H groups in total. The summed E-state index contributed by atoms with van der Waals surface area (Å²) in [5, 5.41) is 12.3. The van der Waals surface area contributed by atoms with E-state index < -0.39 is 17.3 Å². The van der Waals surface area contributed by atoms with Crippen molar-refractivity contribution in [3.05, 3.63) is 69.3 Å². The van der Waals surface area contributed by atoms with Gasteiger partial charge in [0.25, 0.3) is 5.56 Å². The second-order valence-corrected chi connectivity index (χ2v) is 7.36. The van der Waals surface area contributed by atoms with E-state index in [9.17, 15) is 14.0 Å². The van der Waals surface area contributed by atoms with Gasteiger partial charge in [-0.15, -0.1) is 0 Å². The molecule has 1 aliphatic rings. The number of H-pyrrole nitrogens is 1. The molecule has 0 saturated heterocycles. The number of fused-ring (bicyclic) bond motifs is 1. The Morgan fingerprint density at radius 3 is 2.66 bits per heavy atom. The minimum absolute atomic E-state index is 0.290. The molecular formula is C21H18FN5O2. The smallest absolute Gasteiger partial charge is 0.252 e. The highest BCUT2D eigenvalue weighted by atomic mass is 19.1. The molecule has 1 fully saturated rings. The number of halogens is 1. The molecule has 29 heavy (non-hydrogen) atoms. The third kappa shape index (κ3) is 3.14. The minimum atomic E-state index is -0.945. The van der Waals surface area contributed by atoms with Gasteiger partial charge in [-0.25, -0.2) is 14.4 Å². The molecule has 1 amide bonds. The maximum Gasteiger partial charge on any atom is 0.252 e. The number of nitrogens with zero attached hydrogens (tertiary/aromatic N) is 3. The molecular weight excluding hydrogens is 373 g/mol. The van der Waals surface area contributed by atoms with Crippen LogP contribution in [-0.2, 0) is 10.2 Å². The lowest BCUT2D eigenvalue weighted by Gasteiger charge is -2.21. The molecule has 0 unspecified atom stereocenters. The summed E-state index contributed by atoms with van der Waals surface area (Å²) in [7, 11) is 0. The number of pyridine rings is 1.